The summed E-state index contributed by atoms with van der Waals surface area (Å²) < 4.78 is 21.1. The topological polar surface area (TPSA) is 184 Å². The van der Waals surface area contributed by atoms with Gasteiger partial charge in [-0.1, -0.05) is 24.3 Å². The fraction of sp³-hybridized carbons (Fsp3) is 0.413. The van der Waals surface area contributed by atoms with Crippen LogP contribution in [0.1, 0.15) is 76.4 Å². The highest BCUT2D eigenvalue weighted by Crippen LogP contribution is 2.38. The zero-order chi connectivity index (χ0) is 43.4. The first-order chi connectivity index (χ1) is 30.6. The van der Waals surface area contributed by atoms with Crippen molar-refractivity contribution < 1.29 is 28.3 Å². The van der Waals surface area contributed by atoms with Gasteiger partial charge in [-0.2, -0.15) is 5.10 Å². The molecule has 4 N–H and O–H groups in total. The van der Waals surface area contributed by atoms with Crippen LogP contribution in [0.2, 0.25) is 0 Å². The molecule has 1 saturated carbocycles. The van der Waals surface area contributed by atoms with Crippen LogP contribution in [0.15, 0.2) is 67.0 Å². The lowest BCUT2D eigenvalue weighted by molar-refractivity contribution is -0.136. The second-order valence-electron chi connectivity index (χ2n) is 17.3. The molecule has 63 heavy (non-hydrogen) atoms. The van der Waals surface area contributed by atoms with Crippen LogP contribution >= 0.6 is 0 Å². The van der Waals surface area contributed by atoms with E-state index in [0.717, 1.165) is 97.3 Å². The van der Waals surface area contributed by atoms with E-state index < -0.39 is 17.8 Å². The number of methoxy groups -OCH3 is 1. The largest absolute Gasteiger partial charge is 0.496 e. The van der Waals surface area contributed by atoms with Gasteiger partial charge in [0.2, 0.25) is 11.8 Å². The van der Waals surface area contributed by atoms with Crippen LogP contribution in [0.4, 0.5) is 15.9 Å². The van der Waals surface area contributed by atoms with Gasteiger partial charge >= 0.3 is 0 Å². The van der Waals surface area contributed by atoms with E-state index in [2.05, 4.69) is 41.4 Å². The first-order valence-corrected chi connectivity index (χ1v) is 21.8. The summed E-state index contributed by atoms with van der Waals surface area (Å²) >= 11 is 0. The Morgan fingerprint density at radius 2 is 1.63 bits per heavy atom. The Balaban J connectivity index is 0.715. The van der Waals surface area contributed by atoms with Crippen LogP contribution < -0.4 is 26.0 Å². The van der Waals surface area contributed by atoms with Crippen LogP contribution in [0.25, 0.3) is 22.3 Å². The first kappa shape index (κ1) is 40.6. The van der Waals surface area contributed by atoms with E-state index in [1.807, 2.05) is 41.1 Å². The number of amides is 4. The Morgan fingerprint density at radius 1 is 0.889 bits per heavy atom. The number of nitrogens with two attached hydrogens (primary N) is 1. The molecule has 2 aromatic heterocycles. The second-order valence-corrected chi connectivity index (χ2v) is 17.3. The lowest BCUT2D eigenvalue weighted by Crippen LogP contribution is -2.59. The van der Waals surface area contributed by atoms with Gasteiger partial charge in [0.05, 0.1) is 24.1 Å². The van der Waals surface area contributed by atoms with E-state index in [0.29, 0.717) is 42.2 Å². The summed E-state index contributed by atoms with van der Waals surface area (Å²) in [6, 6.07) is 18.3. The van der Waals surface area contributed by atoms with E-state index in [1.165, 1.54) is 38.4 Å². The van der Waals surface area contributed by atoms with Gasteiger partial charge in [0.25, 0.3) is 11.8 Å². The monoisotopic (exact) mass is 855 g/mol. The van der Waals surface area contributed by atoms with Crippen molar-refractivity contribution in [1.29, 1.82) is 0 Å². The molecule has 5 aliphatic rings. The van der Waals surface area contributed by atoms with Crippen LogP contribution in [-0.2, 0) is 22.7 Å². The van der Waals surface area contributed by atoms with Crippen molar-refractivity contribution in [3.63, 3.8) is 0 Å². The molecular formula is C46H50FN11O5. The molecule has 1 atom stereocenters. The highest BCUT2D eigenvalue weighted by Gasteiger charge is 2.41. The third-order valence-corrected chi connectivity index (χ3v) is 13.8. The van der Waals surface area contributed by atoms with E-state index in [4.69, 9.17) is 15.6 Å². The maximum absolute atomic E-state index is 13.9. The number of nitrogen functional groups attached to an aromatic ring is 1. The number of hydrogen-bond acceptors (Lipinski definition) is 12. The molecule has 4 aliphatic heterocycles. The van der Waals surface area contributed by atoms with Crippen molar-refractivity contribution in [2.75, 3.05) is 57.0 Å². The number of fused-ring (bicyclic) bond motifs is 2. The standard InChI is InChI=1S/C46H50FN11O5/c1-63-38-10-6-30(47)21-36(38)44(60)49-24-27-2-4-28(5-3-27)41-40-42(48)50-26-51-43(40)58(53-41)31-12-14-54(15-13-31)33-22-34(23-33)56-18-16-55(17-19-56)32-7-8-35-29(20-32)25-57(46(35)62)37-9-11-39(59)52-45(37)61/h2-8,10,20-21,26,31,33-34,37H,9,11-19,22-25H2,1H3,(H,49,60)(H2,48,50,51)(H,52,59,61)/t33-,34-,37-/m1/s1. The summed E-state index contributed by atoms with van der Waals surface area (Å²) in [5.74, 6) is -1.08. The number of piperazine rings is 1. The first-order valence-electron chi connectivity index (χ1n) is 21.8. The third kappa shape index (κ3) is 7.73. The summed E-state index contributed by atoms with van der Waals surface area (Å²) in [6.07, 6.45) is 6.33. The minimum Gasteiger partial charge on any atom is -0.496 e. The number of ether oxygens (including phenoxy) is 1. The minimum atomic E-state index is -0.609. The Bertz CT molecular complexity index is 2600. The number of piperidine rings is 2. The molecule has 3 saturated heterocycles. The number of carbonyl (C=O) groups excluding carboxylic acids is 4. The molecule has 3 aromatic carbocycles. The van der Waals surface area contributed by atoms with E-state index in [9.17, 15) is 23.6 Å². The predicted octanol–water partition coefficient (Wildman–Crippen LogP) is 3.90. The fourth-order valence-corrected chi connectivity index (χ4v) is 10.1. The van der Waals surface area contributed by atoms with Crippen molar-refractivity contribution in [1.82, 2.24) is 45.1 Å². The number of carbonyl (C=O) groups is 4. The Morgan fingerprint density at radius 3 is 2.37 bits per heavy atom. The molecule has 326 valence electrons. The Kier molecular flexibility index (Phi) is 10.7. The van der Waals surface area contributed by atoms with E-state index >= 15 is 0 Å². The molecule has 10 rings (SSSR count). The maximum atomic E-state index is 13.9. The average Bonchev–Trinajstić information content (AvgIpc) is 3.84. The third-order valence-electron chi connectivity index (χ3n) is 13.8. The van der Waals surface area contributed by atoms with E-state index in [-0.39, 0.29) is 42.3 Å². The molecule has 4 amide bonds. The summed E-state index contributed by atoms with van der Waals surface area (Å²) in [5.41, 5.74) is 12.4. The molecule has 17 heteroatoms. The molecule has 0 radical (unpaired) electrons. The molecule has 4 fully saturated rings. The van der Waals surface area contributed by atoms with Gasteiger partial charge in [-0.15, -0.1) is 0 Å². The molecule has 0 bridgehead atoms. The minimum absolute atomic E-state index is 0.133. The molecular weight excluding hydrogens is 806 g/mol. The summed E-state index contributed by atoms with van der Waals surface area (Å²) in [4.78, 5) is 68.4. The van der Waals surface area contributed by atoms with Crippen molar-refractivity contribution in [2.24, 2.45) is 0 Å². The van der Waals surface area contributed by atoms with Crippen molar-refractivity contribution in [3.8, 4) is 17.0 Å². The maximum Gasteiger partial charge on any atom is 0.255 e. The van der Waals surface area contributed by atoms with Gasteiger partial charge in [-0.3, -0.25) is 29.4 Å². The number of nitrogens with one attached hydrogen (secondary N) is 2. The Labute approximate surface area is 363 Å². The van der Waals surface area contributed by atoms with Gasteiger partial charge in [-0.05, 0) is 79.6 Å². The van der Waals surface area contributed by atoms with Crippen LogP contribution in [0.5, 0.6) is 5.75 Å². The molecule has 5 aromatic rings. The van der Waals surface area contributed by atoms with Gasteiger partial charge in [0, 0.05) is 87.7 Å². The van der Waals surface area contributed by atoms with Crippen molar-refractivity contribution in [3.05, 3.63) is 95.1 Å². The van der Waals surface area contributed by atoms with E-state index in [1.54, 1.807) is 4.90 Å². The van der Waals surface area contributed by atoms with Gasteiger partial charge in [0.15, 0.2) is 5.65 Å². The molecule has 6 heterocycles. The SMILES string of the molecule is COc1ccc(F)cc1C(=O)NCc1ccc(-c2nn(C3CCN([C@H]4C[C@H](N5CCN(c6ccc7c(c6)CN([C@@H]6CCC(=O)NC6=O)C7=O)CC5)C4)CC3)c3ncnc(N)c23)cc1. The predicted molar refractivity (Wildman–Crippen MR) is 232 cm³/mol. The lowest BCUT2D eigenvalue weighted by Gasteiger charge is -2.51. The lowest BCUT2D eigenvalue weighted by atomic mass is 9.82. The molecule has 1 aliphatic carbocycles. The number of likely N-dealkylation sites (tertiary alicyclic amines) is 1. The Hall–Kier alpha value is -6.46. The van der Waals surface area contributed by atoms with Crippen molar-refractivity contribution in [2.45, 2.75) is 75.8 Å². The number of imide groups is 1. The zero-order valence-electron chi connectivity index (χ0n) is 35.1. The van der Waals surface area contributed by atoms with Gasteiger partial charge in [-0.25, -0.2) is 19.0 Å². The molecule has 0 unspecified atom stereocenters. The number of nitrogens with zero attached hydrogens (tertiary/aromatic N) is 8. The smallest absolute Gasteiger partial charge is 0.255 e. The number of rotatable bonds is 10. The zero-order valence-corrected chi connectivity index (χ0v) is 35.1. The number of benzene rings is 3. The summed E-state index contributed by atoms with van der Waals surface area (Å²) in [7, 11) is 1.44. The average molecular weight is 856 g/mol. The second kappa shape index (κ2) is 16.7. The highest BCUT2D eigenvalue weighted by molar-refractivity contribution is 6.05. The number of hydrogen-bond donors (Lipinski definition) is 3. The number of anilines is 2. The summed E-state index contributed by atoms with van der Waals surface area (Å²) in [6.45, 7) is 6.41. The number of aromatic nitrogens is 4. The molecule has 16 nitrogen and oxygen atoms in total. The quantitative estimate of drug-likeness (QED) is 0.173. The normalized spacial score (nSPS) is 22.3. The van der Waals surface area contributed by atoms with Crippen LogP contribution in [0, 0.1) is 5.82 Å². The molecule has 0 spiro atoms. The van der Waals surface area contributed by atoms with Crippen molar-refractivity contribution >= 4 is 46.2 Å². The van der Waals surface area contributed by atoms with Gasteiger partial charge in [0.1, 0.15) is 35.4 Å². The van der Waals surface area contributed by atoms with Gasteiger partial charge < -0.3 is 30.5 Å². The number of halogens is 1. The highest BCUT2D eigenvalue weighted by atomic mass is 19.1. The summed E-state index contributed by atoms with van der Waals surface area (Å²) in [5, 5.41) is 11.1. The van der Waals surface area contributed by atoms with Crippen LogP contribution in [0.3, 0.4) is 0 Å². The van der Waals surface area contributed by atoms with Crippen LogP contribution in [-0.4, -0.2) is 123 Å². The fourth-order valence-electron chi connectivity index (χ4n) is 10.1.